The topological polar surface area (TPSA) is 20.3 Å². The largest absolute Gasteiger partial charge is 0.309 e. The Hall–Kier alpha value is -1.93. The zero-order valence-electron chi connectivity index (χ0n) is 13.7. The first-order valence-electron chi connectivity index (χ1n) is 7.92. The fourth-order valence-electron chi connectivity index (χ4n) is 3.06. The number of Topliss-reactive ketones (excluding diaryl/α,β-unsaturated/α-hetero) is 1. The van der Waals surface area contributed by atoms with Crippen LogP contribution in [0.25, 0.3) is 0 Å². The lowest BCUT2D eigenvalue weighted by molar-refractivity contribution is 0.0870. The highest BCUT2D eigenvalue weighted by molar-refractivity contribution is 5.98. The number of benzene rings is 2. The van der Waals surface area contributed by atoms with Gasteiger partial charge in [0.05, 0.1) is 0 Å². The normalized spacial score (nSPS) is 13.8. The van der Waals surface area contributed by atoms with Crippen LogP contribution < -0.4 is 0 Å². The molecule has 0 bridgehead atoms. The van der Waals surface area contributed by atoms with Crippen LogP contribution in [-0.2, 0) is 0 Å². The second-order valence-corrected chi connectivity index (χ2v) is 6.02. The molecule has 0 radical (unpaired) electrons. The summed E-state index contributed by atoms with van der Waals surface area (Å²) in [5.41, 5.74) is 2.06. The Kier molecular flexibility index (Phi) is 5.91. The molecule has 2 aromatic rings. The number of carbonyl (C=O) groups is 1. The summed E-state index contributed by atoms with van der Waals surface area (Å²) in [6, 6.07) is 20.1. The van der Waals surface area contributed by atoms with E-state index in [9.17, 15) is 4.79 Å². The van der Waals surface area contributed by atoms with Crippen molar-refractivity contribution < 1.29 is 4.79 Å². The summed E-state index contributed by atoms with van der Waals surface area (Å²) in [6.45, 7) is 2.93. The quantitative estimate of drug-likeness (QED) is 0.712. The smallest absolute Gasteiger partial charge is 0.167 e. The molecule has 2 aromatic carbocycles. The molecule has 0 heterocycles. The van der Waals surface area contributed by atoms with Gasteiger partial charge >= 0.3 is 0 Å². The van der Waals surface area contributed by atoms with Gasteiger partial charge in [-0.3, -0.25) is 4.79 Å². The van der Waals surface area contributed by atoms with Crippen molar-refractivity contribution in [1.82, 2.24) is 4.90 Å². The van der Waals surface area contributed by atoms with E-state index in [4.69, 9.17) is 0 Å². The minimum atomic E-state index is -0.0233. The van der Waals surface area contributed by atoms with Crippen molar-refractivity contribution >= 4 is 5.78 Å². The van der Waals surface area contributed by atoms with E-state index >= 15 is 0 Å². The van der Waals surface area contributed by atoms with Crippen molar-refractivity contribution in [2.75, 3.05) is 20.6 Å². The average molecular weight is 295 g/mol. The van der Waals surface area contributed by atoms with Crippen molar-refractivity contribution in [2.24, 2.45) is 5.92 Å². The van der Waals surface area contributed by atoms with E-state index in [1.807, 2.05) is 50.5 Å². The van der Waals surface area contributed by atoms with Gasteiger partial charge in [-0.15, -0.1) is 0 Å². The minimum absolute atomic E-state index is 0.0233. The van der Waals surface area contributed by atoms with E-state index in [1.165, 1.54) is 5.56 Å². The second kappa shape index (κ2) is 7.90. The van der Waals surface area contributed by atoms with Crippen LogP contribution in [0, 0.1) is 5.92 Å². The molecule has 116 valence electrons. The summed E-state index contributed by atoms with van der Waals surface area (Å²) in [5, 5.41) is 0. The van der Waals surface area contributed by atoms with Crippen LogP contribution in [0.4, 0.5) is 0 Å². The predicted octanol–water partition coefficient (Wildman–Crippen LogP) is 4.24. The molecule has 0 aromatic heterocycles. The molecule has 0 spiro atoms. The molecule has 2 nitrogen and oxygen atoms in total. The highest BCUT2D eigenvalue weighted by Crippen LogP contribution is 2.31. The number of nitrogens with zero attached hydrogens (tertiary/aromatic N) is 1. The SMILES string of the molecule is CCC(c1ccccc1)C(CN(C)C)C(=O)c1ccccc1. The Bertz CT molecular complexity index is 577. The lowest BCUT2D eigenvalue weighted by Gasteiger charge is -2.28. The van der Waals surface area contributed by atoms with Crippen molar-refractivity contribution in [2.45, 2.75) is 19.3 Å². The zero-order chi connectivity index (χ0) is 15.9. The van der Waals surface area contributed by atoms with E-state index < -0.39 is 0 Å². The van der Waals surface area contributed by atoms with Gasteiger partial charge in [-0.2, -0.15) is 0 Å². The fourth-order valence-corrected chi connectivity index (χ4v) is 3.06. The van der Waals surface area contributed by atoms with Crippen LogP contribution in [0.3, 0.4) is 0 Å². The summed E-state index contributed by atoms with van der Waals surface area (Å²) in [6.07, 6.45) is 0.959. The predicted molar refractivity (Wildman–Crippen MR) is 92.3 cm³/mol. The van der Waals surface area contributed by atoms with Crippen molar-refractivity contribution in [3.8, 4) is 0 Å². The van der Waals surface area contributed by atoms with Crippen molar-refractivity contribution in [3.05, 3.63) is 71.8 Å². The Balaban J connectivity index is 2.34. The molecular formula is C20H25NO. The van der Waals surface area contributed by atoms with E-state index in [2.05, 4.69) is 36.1 Å². The highest BCUT2D eigenvalue weighted by atomic mass is 16.1. The highest BCUT2D eigenvalue weighted by Gasteiger charge is 2.29. The molecule has 0 N–H and O–H groups in total. The fraction of sp³-hybridized carbons (Fsp3) is 0.350. The van der Waals surface area contributed by atoms with Crippen LogP contribution in [0.2, 0.25) is 0 Å². The summed E-state index contributed by atoms with van der Waals surface area (Å²) in [4.78, 5) is 15.1. The first-order chi connectivity index (χ1) is 10.6. The molecule has 2 atom stereocenters. The van der Waals surface area contributed by atoms with Crippen LogP contribution >= 0.6 is 0 Å². The van der Waals surface area contributed by atoms with Gasteiger partial charge in [0, 0.05) is 18.0 Å². The molecule has 0 aliphatic heterocycles. The van der Waals surface area contributed by atoms with Crippen LogP contribution in [0.1, 0.15) is 35.2 Å². The summed E-state index contributed by atoms with van der Waals surface area (Å²) in [7, 11) is 4.06. The van der Waals surface area contributed by atoms with Gasteiger partial charge < -0.3 is 4.90 Å². The van der Waals surface area contributed by atoms with Gasteiger partial charge in [0.2, 0.25) is 0 Å². The van der Waals surface area contributed by atoms with Gasteiger partial charge in [-0.05, 0) is 32.0 Å². The standard InChI is InChI=1S/C20H25NO/c1-4-18(16-11-7-5-8-12-16)19(15-21(2)3)20(22)17-13-9-6-10-14-17/h5-14,18-19H,4,15H2,1-3H3. The van der Waals surface area contributed by atoms with Gasteiger partial charge in [0.25, 0.3) is 0 Å². The number of rotatable bonds is 7. The van der Waals surface area contributed by atoms with E-state index in [-0.39, 0.29) is 17.6 Å². The third-order valence-corrected chi connectivity index (χ3v) is 4.11. The van der Waals surface area contributed by atoms with Crippen molar-refractivity contribution in [1.29, 1.82) is 0 Å². The van der Waals surface area contributed by atoms with Crippen LogP contribution in [-0.4, -0.2) is 31.3 Å². The Morgan fingerprint density at radius 2 is 1.50 bits per heavy atom. The maximum Gasteiger partial charge on any atom is 0.167 e. The average Bonchev–Trinajstić information content (AvgIpc) is 2.55. The second-order valence-electron chi connectivity index (χ2n) is 6.02. The molecule has 2 heteroatoms. The van der Waals surface area contributed by atoms with Gasteiger partial charge in [0.1, 0.15) is 0 Å². The molecule has 0 saturated heterocycles. The van der Waals surface area contributed by atoms with E-state index in [0.717, 1.165) is 18.5 Å². The van der Waals surface area contributed by atoms with Crippen LogP contribution in [0.15, 0.2) is 60.7 Å². The summed E-state index contributed by atoms with van der Waals surface area (Å²) in [5.74, 6) is 0.464. The number of hydrogen-bond donors (Lipinski definition) is 0. The van der Waals surface area contributed by atoms with E-state index in [1.54, 1.807) is 0 Å². The first kappa shape index (κ1) is 16.4. The third-order valence-electron chi connectivity index (χ3n) is 4.11. The Morgan fingerprint density at radius 1 is 0.955 bits per heavy atom. The molecule has 0 amide bonds. The lowest BCUT2D eigenvalue weighted by atomic mass is 9.79. The van der Waals surface area contributed by atoms with Gasteiger partial charge in [-0.25, -0.2) is 0 Å². The molecule has 2 unspecified atom stereocenters. The molecule has 0 aliphatic rings. The van der Waals surface area contributed by atoms with Gasteiger partial charge in [-0.1, -0.05) is 67.6 Å². The molecule has 2 rings (SSSR count). The monoisotopic (exact) mass is 295 g/mol. The summed E-state index contributed by atoms with van der Waals surface area (Å²) >= 11 is 0. The number of hydrogen-bond acceptors (Lipinski definition) is 2. The third kappa shape index (κ3) is 4.05. The van der Waals surface area contributed by atoms with E-state index in [0.29, 0.717) is 0 Å². The summed E-state index contributed by atoms with van der Waals surface area (Å²) < 4.78 is 0. The number of ketones is 1. The van der Waals surface area contributed by atoms with Gasteiger partial charge in [0.15, 0.2) is 5.78 Å². The number of carbonyl (C=O) groups excluding carboxylic acids is 1. The minimum Gasteiger partial charge on any atom is -0.309 e. The molecular weight excluding hydrogens is 270 g/mol. The Morgan fingerprint density at radius 3 is 2.00 bits per heavy atom. The molecule has 0 aliphatic carbocycles. The molecule has 0 saturated carbocycles. The maximum absolute atomic E-state index is 13.0. The zero-order valence-corrected chi connectivity index (χ0v) is 13.7. The Labute approximate surface area is 133 Å². The lowest BCUT2D eigenvalue weighted by Crippen LogP contribution is -2.32. The molecule has 22 heavy (non-hydrogen) atoms. The maximum atomic E-state index is 13.0. The first-order valence-corrected chi connectivity index (χ1v) is 7.92. The molecule has 0 fully saturated rings. The van der Waals surface area contributed by atoms with Crippen LogP contribution in [0.5, 0.6) is 0 Å². The van der Waals surface area contributed by atoms with Crippen molar-refractivity contribution in [3.63, 3.8) is 0 Å².